The number of hydrogen-bond acceptors (Lipinski definition) is 4. The first kappa shape index (κ1) is 25.0. The van der Waals surface area contributed by atoms with Crippen molar-refractivity contribution in [2.45, 2.75) is 84.5 Å². The molecule has 0 saturated carbocycles. The van der Waals surface area contributed by atoms with Crippen molar-refractivity contribution in [3.05, 3.63) is 29.8 Å². The van der Waals surface area contributed by atoms with E-state index in [1.807, 2.05) is 31.2 Å². The van der Waals surface area contributed by atoms with Crippen molar-refractivity contribution in [3.8, 4) is 5.75 Å². The molecule has 0 spiro atoms. The summed E-state index contributed by atoms with van der Waals surface area (Å²) in [5.41, 5.74) is 0.779. The fourth-order valence-electron chi connectivity index (χ4n) is 3.38. The average molecular weight is 407 g/mol. The third-order valence-electron chi connectivity index (χ3n) is 5.15. The third-order valence-corrected chi connectivity index (χ3v) is 5.15. The zero-order valence-corrected chi connectivity index (χ0v) is 18.3. The second kappa shape index (κ2) is 14.9. The van der Waals surface area contributed by atoms with E-state index in [9.17, 15) is 14.7 Å². The summed E-state index contributed by atoms with van der Waals surface area (Å²) in [6, 6.07) is 7.42. The van der Waals surface area contributed by atoms with Crippen LogP contribution in [-0.2, 0) is 14.3 Å². The van der Waals surface area contributed by atoms with Gasteiger partial charge in [0.05, 0.1) is 25.0 Å². The molecule has 0 bridgehead atoms. The molecule has 2 atom stereocenters. The Morgan fingerprint density at radius 2 is 1.59 bits per heavy atom. The van der Waals surface area contributed by atoms with Crippen molar-refractivity contribution in [3.63, 3.8) is 0 Å². The van der Waals surface area contributed by atoms with Crippen LogP contribution < -0.4 is 4.74 Å². The van der Waals surface area contributed by atoms with E-state index < -0.39 is 17.8 Å². The lowest BCUT2D eigenvalue weighted by molar-refractivity contribution is -0.147. The van der Waals surface area contributed by atoms with Gasteiger partial charge >= 0.3 is 11.9 Å². The lowest BCUT2D eigenvalue weighted by atomic mass is 9.86. The maximum Gasteiger partial charge on any atom is 0.313 e. The third kappa shape index (κ3) is 9.82. The van der Waals surface area contributed by atoms with Gasteiger partial charge in [0.15, 0.2) is 0 Å². The summed E-state index contributed by atoms with van der Waals surface area (Å²) in [4.78, 5) is 24.2. The number of carboxylic acids is 1. The molecule has 0 aromatic heterocycles. The van der Waals surface area contributed by atoms with Gasteiger partial charge in [-0.05, 0) is 43.9 Å². The quantitative estimate of drug-likeness (QED) is 0.271. The van der Waals surface area contributed by atoms with E-state index >= 15 is 0 Å². The number of rotatable bonds is 16. The highest BCUT2D eigenvalue weighted by molar-refractivity contribution is 5.79. The van der Waals surface area contributed by atoms with E-state index in [0.29, 0.717) is 13.0 Å². The average Bonchev–Trinajstić information content (AvgIpc) is 2.71. The molecule has 1 aromatic carbocycles. The van der Waals surface area contributed by atoms with Crippen molar-refractivity contribution in [2.24, 2.45) is 5.92 Å². The molecule has 0 radical (unpaired) electrons. The van der Waals surface area contributed by atoms with Crippen LogP contribution >= 0.6 is 0 Å². The van der Waals surface area contributed by atoms with E-state index in [1.54, 1.807) is 6.92 Å². The number of aliphatic carboxylic acids is 1. The topological polar surface area (TPSA) is 72.8 Å². The number of benzene rings is 1. The Labute approximate surface area is 175 Å². The molecule has 0 saturated heterocycles. The Morgan fingerprint density at radius 3 is 2.17 bits per heavy atom. The molecule has 1 aromatic rings. The molecule has 29 heavy (non-hydrogen) atoms. The second-order valence-electron chi connectivity index (χ2n) is 7.55. The molecule has 2 unspecified atom stereocenters. The number of ether oxygens (including phenoxy) is 2. The van der Waals surface area contributed by atoms with Crippen LogP contribution in [0, 0.1) is 5.92 Å². The molecule has 0 aliphatic rings. The highest BCUT2D eigenvalue weighted by Gasteiger charge is 2.29. The fourth-order valence-corrected chi connectivity index (χ4v) is 3.38. The predicted molar refractivity (Wildman–Crippen MR) is 115 cm³/mol. The molecular formula is C24H38O5. The van der Waals surface area contributed by atoms with E-state index in [1.165, 1.54) is 25.7 Å². The summed E-state index contributed by atoms with van der Waals surface area (Å²) in [5, 5.41) is 9.55. The van der Waals surface area contributed by atoms with Gasteiger partial charge in [0.25, 0.3) is 0 Å². The smallest absolute Gasteiger partial charge is 0.313 e. The predicted octanol–water partition coefficient (Wildman–Crippen LogP) is 5.96. The molecule has 1 N–H and O–H groups in total. The van der Waals surface area contributed by atoms with E-state index in [2.05, 4.69) is 6.92 Å². The molecule has 0 aliphatic heterocycles. The zero-order chi connectivity index (χ0) is 21.5. The number of carboxylic acid groups (broad SMARTS) is 1. The first-order valence-electron chi connectivity index (χ1n) is 11.2. The minimum Gasteiger partial charge on any atom is -0.494 e. The Balaban J connectivity index is 2.75. The van der Waals surface area contributed by atoms with Gasteiger partial charge in [-0.2, -0.15) is 0 Å². The van der Waals surface area contributed by atoms with Gasteiger partial charge in [-0.3, -0.25) is 9.59 Å². The van der Waals surface area contributed by atoms with Gasteiger partial charge in [-0.15, -0.1) is 0 Å². The van der Waals surface area contributed by atoms with Gasteiger partial charge < -0.3 is 14.6 Å². The van der Waals surface area contributed by atoms with Crippen LogP contribution in [-0.4, -0.2) is 30.3 Å². The van der Waals surface area contributed by atoms with Gasteiger partial charge in [0.2, 0.25) is 0 Å². The number of esters is 1. The molecule has 0 amide bonds. The largest absolute Gasteiger partial charge is 0.494 e. The van der Waals surface area contributed by atoms with Gasteiger partial charge in [-0.25, -0.2) is 0 Å². The number of carbonyl (C=O) groups is 2. The van der Waals surface area contributed by atoms with E-state index in [-0.39, 0.29) is 19.0 Å². The van der Waals surface area contributed by atoms with Crippen molar-refractivity contribution < 1.29 is 24.2 Å². The Kier molecular flexibility index (Phi) is 12.8. The van der Waals surface area contributed by atoms with Crippen molar-refractivity contribution in [1.29, 1.82) is 0 Å². The maximum absolute atomic E-state index is 12.5. The summed E-state index contributed by atoms with van der Waals surface area (Å²) >= 11 is 0. The van der Waals surface area contributed by atoms with Crippen LogP contribution in [0.3, 0.4) is 0 Å². The maximum atomic E-state index is 12.5. The highest BCUT2D eigenvalue weighted by Crippen LogP contribution is 2.29. The molecule has 0 heterocycles. The van der Waals surface area contributed by atoms with Crippen LogP contribution in [0.1, 0.15) is 90.0 Å². The Morgan fingerprint density at radius 1 is 0.931 bits per heavy atom. The fraction of sp³-hybridized carbons (Fsp3) is 0.667. The second-order valence-corrected chi connectivity index (χ2v) is 7.55. The molecule has 0 aliphatic carbocycles. The summed E-state index contributed by atoms with van der Waals surface area (Å²) in [7, 11) is 0. The zero-order valence-electron chi connectivity index (χ0n) is 18.3. The lowest BCUT2D eigenvalue weighted by Crippen LogP contribution is -2.23. The molecule has 0 fully saturated rings. The first-order chi connectivity index (χ1) is 14.0. The SMILES string of the molecule is CCCCCCCOc1ccc(C(CC(CCCC)C(=O)O)C(=O)OCC)cc1. The normalized spacial score (nSPS) is 12.9. The van der Waals surface area contributed by atoms with E-state index in [0.717, 1.165) is 30.6 Å². The number of unbranched alkanes of at least 4 members (excludes halogenated alkanes) is 5. The van der Waals surface area contributed by atoms with Gasteiger partial charge in [0.1, 0.15) is 5.75 Å². The van der Waals surface area contributed by atoms with Crippen molar-refractivity contribution >= 4 is 11.9 Å². The molecule has 5 heteroatoms. The monoisotopic (exact) mass is 406 g/mol. The van der Waals surface area contributed by atoms with E-state index in [4.69, 9.17) is 9.47 Å². The van der Waals surface area contributed by atoms with Crippen molar-refractivity contribution in [2.75, 3.05) is 13.2 Å². The van der Waals surface area contributed by atoms with Crippen LogP contribution in [0.4, 0.5) is 0 Å². The van der Waals surface area contributed by atoms with Crippen LogP contribution in [0.25, 0.3) is 0 Å². The van der Waals surface area contributed by atoms with Crippen molar-refractivity contribution in [1.82, 2.24) is 0 Å². The lowest BCUT2D eigenvalue weighted by Gasteiger charge is -2.20. The highest BCUT2D eigenvalue weighted by atomic mass is 16.5. The van der Waals surface area contributed by atoms with Crippen LogP contribution in [0.15, 0.2) is 24.3 Å². The minimum absolute atomic E-state index is 0.256. The molecule has 5 nitrogen and oxygen atoms in total. The van der Waals surface area contributed by atoms with Gasteiger partial charge in [0, 0.05) is 0 Å². The summed E-state index contributed by atoms with van der Waals surface area (Å²) < 4.78 is 11.0. The standard InChI is InChI=1S/C24H38O5/c1-4-7-9-10-11-17-29-21-15-13-19(14-16-21)22(24(27)28-6-3)18-20(23(25)26)12-8-5-2/h13-16,20,22H,4-12,17-18H2,1-3H3,(H,25,26). The number of carbonyl (C=O) groups excluding carboxylic acids is 1. The minimum atomic E-state index is -0.851. The summed E-state index contributed by atoms with van der Waals surface area (Å²) in [6.45, 7) is 6.95. The molecule has 1 rings (SSSR count). The molecular weight excluding hydrogens is 368 g/mol. The van der Waals surface area contributed by atoms with Crippen LogP contribution in [0.2, 0.25) is 0 Å². The first-order valence-corrected chi connectivity index (χ1v) is 11.2. The Bertz CT molecular complexity index is 581. The molecule has 164 valence electrons. The van der Waals surface area contributed by atoms with Crippen LogP contribution in [0.5, 0.6) is 5.75 Å². The summed E-state index contributed by atoms with van der Waals surface area (Å²) in [5.74, 6) is -1.57. The number of hydrogen-bond donors (Lipinski definition) is 1. The summed E-state index contributed by atoms with van der Waals surface area (Å²) in [6.07, 6.45) is 8.52. The van der Waals surface area contributed by atoms with Gasteiger partial charge in [-0.1, -0.05) is 64.5 Å². The Hall–Kier alpha value is -2.04.